The van der Waals surface area contributed by atoms with E-state index in [1.54, 1.807) is 25.1 Å². The maximum absolute atomic E-state index is 14.3. The number of aromatic nitrogens is 3. The zero-order valence-corrected chi connectivity index (χ0v) is 18.2. The number of aromatic carboxylic acids is 1. The first-order valence-electron chi connectivity index (χ1n) is 9.23. The summed E-state index contributed by atoms with van der Waals surface area (Å²) in [5.41, 5.74) is 3.05. The van der Waals surface area contributed by atoms with E-state index in [4.69, 9.17) is 5.14 Å². The van der Waals surface area contributed by atoms with Gasteiger partial charge in [-0.3, -0.25) is 0 Å². The van der Waals surface area contributed by atoms with E-state index >= 15 is 0 Å². The normalized spacial score (nSPS) is 12.1. The number of hydrogen-bond acceptors (Lipinski definition) is 5. The molecule has 0 saturated heterocycles. The van der Waals surface area contributed by atoms with Crippen LogP contribution in [0, 0.1) is 18.6 Å². The van der Waals surface area contributed by atoms with Gasteiger partial charge < -0.3 is 5.11 Å². The van der Waals surface area contributed by atoms with E-state index in [1.807, 2.05) is 0 Å². The van der Waals surface area contributed by atoms with Crippen molar-refractivity contribution < 1.29 is 22.9 Å². The number of benzene rings is 2. The molecule has 4 rings (SSSR count). The summed E-state index contributed by atoms with van der Waals surface area (Å²) in [4.78, 5) is 15.2. The molecule has 0 fully saturated rings. The molecular formula is C21H16F2N4O3S2. The molecule has 0 amide bonds. The number of carboxylic acids is 1. The lowest BCUT2D eigenvalue weighted by Crippen LogP contribution is -2.06. The van der Waals surface area contributed by atoms with Crippen LogP contribution >= 0.6 is 11.3 Å². The Bertz CT molecular complexity index is 1350. The third-order valence-corrected chi connectivity index (χ3v) is 6.42. The van der Waals surface area contributed by atoms with Crippen molar-refractivity contribution in [3.8, 4) is 16.4 Å². The van der Waals surface area contributed by atoms with Crippen molar-refractivity contribution in [1.29, 1.82) is 0 Å². The van der Waals surface area contributed by atoms with E-state index in [2.05, 4.69) is 10.1 Å². The maximum Gasteiger partial charge on any atom is 0.355 e. The number of rotatable bonds is 6. The minimum absolute atomic E-state index is 0.0936. The van der Waals surface area contributed by atoms with Crippen LogP contribution in [0.4, 0.5) is 8.78 Å². The number of thiazole rings is 1. The monoisotopic (exact) mass is 474 g/mol. The van der Waals surface area contributed by atoms with Gasteiger partial charge >= 0.3 is 5.97 Å². The average Bonchev–Trinajstić information content (AvgIpc) is 3.34. The summed E-state index contributed by atoms with van der Waals surface area (Å²) < 4.78 is 40.7. The summed E-state index contributed by atoms with van der Waals surface area (Å²) in [6, 6.07) is 10.0. The van der Waals surface area contributed by atoms with Crippen LogP contribution in [0.1, 0.15) is 27.3 Å². The molecular weight excluding hydrogens is 458 g/mol. The first kappa shape index (κ1) is 21.9. The fourth-order valence-corrected chi connectivity index (χ4v) is 4.51. The lowest BCUT2D eigenvalue weighted by molar-refractivity contribution is 0.0691. The molecule has 0 aliphatic heterocycles. The summed E-state index contributed by atoms with van der Waals surface area (Å²) in [6.45, 7) is 1.79. The molecule has 0 radical (unpaired) electrons. The predicted octanol–water partition coefficient (Wildman–Crippen LogP) is 3.85. The lowest BCUT2D eigenvalue weighted by Gasteiger charge is -2.07. The Balaban J connectivity index is 1.83. The molecule has 2 heterocycles. The average molecular weight is 475 g/mol. The van der Waals surface area contributed by atoms with Gasteiger partial charge in [-0.05, 0) is 48.9 Å². The van der Waals surface area contributed by atoms with Gasteiger partial charge in [-0.2, -0.15) is 5.10 Å². The lowest BCUT2D eigenvalue weighted by atomic mass is 9.99. The summed E-state index contributed by atoms with van der Waals surface area (Å²) in [6.07, 6.45) is 0.268. The van der Waals surface area contributed by atoms with Crippen LogP contribution in [0.2, 0.25) is 0 Å². The second-order valence-corrected chi connectivity index (χ2v) is 8.76. The fourth-order valence-electron chi connectivity index (χ4n) is 3.25. The van der Waals surface area contributed by atoms with Crippen LogP contribution in [-0.2, 0) is 17.4 Å². The van der Waals surface area contributed by atoms with Crippen LogP contribution in [-0.4, -0.2) is 30.0 Å². The number of carbonyl (C=O) groups is 1. The number of carboxylic acid groups (broad SMARTS) is 1. The van der Waals surface area contributed by atoms with Crippen LogP contribution in [0.25, 0.3) is 16.4 Å². The molecule has 3 N–H and O–H groups in total. The second-order valence-electron chi connectivity index (χ2n) is 6.89. The van der Waals surface area contributed by atoms with Crippen LogP contribution in [0.5, 0.6) is 0 Å². The number of hydrogen-bond donors (Lipinski definition) is 2. The molecule has 11 heteroatoms. The smallest absolute Gasteiger partial charge is 0.355 e. The summed E-state index contributed by atoms with van der Waals surface area (Å²) in [5.74, 6) is -2.23. The molecule has 0 spiro atoms. The molecule has 2 aromatic heterocycles. The van der Waals surface area contributed by atoms with Crippen molar-refractivity contribution in [2.75, 3.05) is 0 Å². The highest BCUT2D eigenvalue weighted by Crippen LogP contribution is 2.31. The number of halogens is 2. The zero-order chi connectivity index (χ0) is 23.0. The van der Waals surface area contributed by atoms with Gasteiger partial charge in [0.15, 0.2) is 5.69 Å². The molecule has 1 unspecified atom stereocenters. The Hall–Kier alpha value is -3.28. The van der Waals surface area contributed by atoms with Gasteiger partial charge in [0.05, 0.1) is 10.6 Å². The predicted molar refractivity (Wildman–Crippen MR) is 116 cm³/mol. The Kier molecular flexibility index (Phi) is 5.96. The molecule has 2 aromatic carbocycles. The van der Waals surface area contributed by atoms with Crippen LogP contribution < -0.4 is 5.14 Å². The van der Waals surface area contributed by atoms with Crippen molar-refractivity contribution in [2.45, 2.75) is 18.2 Å². The summed E-state index contributed by atoms with van der Waals surface area (Å²) >= 11 is 1.12. The van der Waals surface area contributed by atoms with Crippen molar-refractivity contribution in [3.05, 3.63) is 82.0 Å². The zero-order valence-electron chi connectivity index (χ0n) is 16.6. The van der Waals surface area contributed by atoms with E-state index in [-0.39, 0.29) is 17.0 Å². The van der Waals surface area contributed by atoms with Gasteiger partial charge in [-0.25, -0.2) is 32.6 Å². The third-order valence-electron chi connectivity index (χ3n) is 4.84. The Morgan fingerprint density at radius 2 is 1.94 bits per heavy atom. The molecule has 32 heavy (non-hydrogen) atoms. The fraction of sp³-hybridized carbons (Fsp3) is 0.0952. The molecule has 0 aliphatic carbocycles. The molecule has 164 valence electrons. The second kappa shape index (κ2) is 8.69. The molecule has 0 aliphatic rings. The van der Waals surface area contributed by atoms with Crippen LogP contribution in [0.15, 0.2) is 52.7 Å². The van der Waals surface area contributed by atoms with E-state index in [0.717, 1.165) is 16.9 Å². The SMILES string of the molecule is Cc1c(Cc2ccc(S(N)=O)c(F)c2)c(-c2ccc(F)cc2)nn1-c1nc(C(=O)O)cs1. The third kappa shape index (κ3) is 4.22. The van der Waals surface area contributed by atoms with Gasteiger partial charge in [0.25, 0.3) is 0 Å². The summed E-state index contributed by atoms with van der Waals surface area (Å²) in [5, 5.41) is 20.8. The molecule has 7 nitrogen and oxygen atoms in total. The van der Waals surface area contributed by atoms with Crippen LogP contribution in [0.3, 0.4) is 0 Å². The highest BCUT2D eigenvalue weighted by Gasteiger charge is 2.21. The Morgan fingerprint density at radius 3 is 2.53 bits per heavy atom. The highest BCUT2D eigenvalue weighted by atomic mass is 32.2. The van der Waals surface area contributed by atoms with E-state index in [9.17, 15) is 22.9 Å². The minimum atomic E-state index is -1.94. The topological polar surface area (TPSA) is 111 Å². The van der Waals surface area contributed by atoms with Gasteiger partial charge in [0, 0.05) is 28.6 Å². The highest BCUT2D eigenvalue weighted by molar-refractivity contribution is 7.82. The molecule has 0 bridgehead atoms. The van der Waals surface area contributed by atoms with Crippen molar-refractivity contribution in [1.82, 2.24) is 14.8 Å². The Labute approximate surface area is 187 Å². The largest absolute Gasteiger partial charge is 0.476 e. The van der Waals surface area contributed by atoms with Gasteiger partial charge in [-0.1, -0.05) is 6.07 Å². The van der Waals surface area contributed by atoms with Crippen molar-refractivity contribution in [2.24, 2.45) is 5.14 Å². The molecule has 0 saturated carbocycles. The van der Waals surface area contributed by atoms with E-state index < -0.39 is 28.6 Å². The number of nitrogens with two attached hydrogens (primary N) is 1. The summed E-state index contributed by atoms with van der Waals surface area (Å²) in [7, 11) is -1.94. The standard InChI is InChI=1S/C21H16F2N4O3S2/c1-11-15(8-12-2-7-18(32(24)30)16(23)9-12)19(13-3-5-14(22)6-4-13)26-27(11)21-25-17(10-31-21)20(28)29/h2-7,9-10H,8,24H2,1H3,(H,28,29). The minimum Gasteiger partial charge on any atom is -0.476 e. The van der Waals surface area contributed by atoms with Crippen molar-refractivity contribution in [3.63, 3.8) is 0 Å². The van der Waals surface area contributed by atoms with Gasteiger partial charge in [0.1, 0.15) is 22.6 Å². The molecule has 1 atom stereocenters. The van der Waals surface area contributed by atoms with Crippen molar-refractivity contribution >= 4 is 28.3 Å². The van der Waals surface area contributed by atoms with E-state index in [0.29, 0.717) is 27.6 Å². The van der Waals surface area contributed by atoms with Gasteiger partial charge in [-0.15, -0.1) is 11.3 Å². The first-order chi connectivity index (χ1) is 15.2. The molecule has 4 aromatic rings. The Morgan fingerprint density at radius 1 is 1.22 bits per heavy atom. The first-order valence-corrected chi connectivity index (χ1v) is 11.3. The van der Waals surface area contributed by atoms with Gasteiger partial charge in [0.2, 0.25) is 5.13 Å². The van der Waals surface area contributed by atoms with E-state index in [1.165, 1.54) is 34.3 Å². The quantitative estimate of drug-likeness (QED) is 0.441. The number of nitrogens with zero attached hydrogens (tertiary/aromatic N) is 3. The maximum atomic E-state index is 14.3.